The molecule has 3 N–H and O–H groups in total. The summed E-state index contributed by atoms with van der Waals surface area (Å²) in [7, 11) is -3.71. The minimum absolute atomic E-state index is 0.0320. The van der Waals surface area contributed by atoms with Crippen molar-refractivity contribution in [1.29, 1.82) is 0 Å². The van der Waals surface area contributed by atoms with Crippen molar-refractivity contribution in [2.24, 2.45) is 5.73 Å². The zero-order valence-electron chi connectivity index (χ0n) is 12.0. The number of nitrogens with zero attached hydrogens (tertiary/aromatic N) is 1. The Labute approximate surface area is 125 Å². The fraction of sp³-hybridized carbons (Fsp3) is 0.571. The lowest BCUT2D eigenvalue weighted by atomic mass is 10.2. The van der Waals surface area contributed by atoms with Crippen molar-refractivity contribution < 1.29 is 12.8 Å². The monoisotopic (exact) mass is 315 g/mol. The molecule has 0 atom stereocenters. The van der Waals surface area contributed by atoms with E-state index in [1.54, 1.807) is 0 Å². The van der Waals surface area contributed by atoms with Crippen molar-refractivity contribution in [2.45, 2.75) is 30.7 Å². The number of likely N-dealkylation sites (tertiary alicyclic amines) is 1. The second-order valence-corrected chi connectivity index (χ2v) is 6.96. The highest BCUT2D eigenvalue weighted by atomic mass is 32.2. The molecule has 5 nitrogen and oxygen atoms in total. The highest BCUT2D eigenvalue weighted by molar-refractivity contribution is 7.89. The molecule has 21 heavy (non-hydrogen) atoms. The Morgan fingerprint density at radius 1 is 1.29 bits per heavy atom. The quantitative estimate of drug-likeness (QED) is 0.738. The molecule has 1 aliphatic heterocycles. The van der Waals surface area contributed by atoms with Crippen molar-refractivity contribution in [2.75, 3.05) is 26.2 Å². The molecule has 1 heterocycles. The van der Waals surface area contributed by atoms with Gasteiger partial charge in [-0.1, -0.05) is 6.07 Å². The van der Waals surface area contributed by atoms with Crippen LogP contribution >= 0.6 is 0 Å². The van der Waals surface area contributed by atoms with Gasteiger partial charge < -0.3 is 10.6 Å². The van der Waals surface area contributed by atoms with Gasteiger partial charge in [-0.2, -0.15) is 0 Å². The summed E-state index contributed by atoms with van der Waals surface area (Å²) in [5.41, 5.74) is 5.48. The summed E-state index contributed by atoms with van der Waals surface area (Å²) in [6, 6.07) is 3.98. The van der Waals surface area contributed by atoms with Crippen LogP contribution in [0, 0.1) is 5.82 Å². The fourth-order valence-electron chi connectivity index (χ4n) is 2.58. The lowest BCUT2D eigenvalue weighted by molar-refractivity contribution is 0.334. The SMILES string of the molecule is NCc1c(F)cccc1S(=O)(=O)NCCCN1CCCC1. The average Bonchev–Trinajstić information content (AvgIpc) is 2.96. The molecule has 0 amide bonds. The molecule has 0 bridgehead atoms. The minimum Gasteiger partial charge on any atom is -0.326 e. The topological polar surface area (TPSA) is 75.4 Å². The summed E-state index contributed by atoms with van der Waals surface area (Å²) in [4.78, 5) is 2.26. The Bertz CT molecular complexity index is 572. The Hall–Kier alpha value is -1.02. The molecule has 118 valence electrons. The maximum Gasteiger partial charge on any atom is 0.240 e. The molecule has 0 aliphatic carbocycles. The van der Waals surface area contributed by atoms with Gasteiger partial charge in [0.05, 0.1) is 4.90 Å². The van der Waals surface area contributed by atoms with Gasteiger partial charge in [0, 0.05) is 18.7 Å². The van der Waals surface area contributed by atoms with Crippen LogP contribution < -0.4 is 10.5 Å². The van der Waals surface area contributed by atoms with Crippen molar-refractivity contribution in [1.82, 2.24) is 9.62 Å². The zero-order valence-corrected chi connectivity index (χ0v) is 12.8. The summed E-state index contributed by atoms with van der Waals surface area (Å²) in [5, 5.41) is 0. The van der Waals surface area contributed by atoms with Gasteiger partial charge in [0.1, 0.15) is 5.82 Å². The molecule has 2 rings (SSSR count). The second-order valence-electron chi connectivity index (χ2n) is 5.22. The number of halogens is 1. The van der Waals surface area contributed by atoms with E-state index >= 15 is 0 Å². The Morgan fingerprint density at radius 3 is 2.67 bits per heavy atom. The van der Waals surface area contributed by atoms with Crippen LogP contribution in [0.2, 0.25) is 0 Å². The van der Waals surface area contributed by atoms with Gasteiger partial charge in [-0.25, -0.2) is 17.5 Å². The predicted molar refractivity (Wildman–Crippen MR) is 79.8 cm³/mol. The highest BCUT2D eigenvalue weighted by Gasteiger charge is 2.20. The van der Waals surface area contributed by atoms with Crippen LogP contribution in [0.4, 0.5) is 4.39 Å². The van der Waals surface area contributed by atoms with Gasteiger partial charge in [0.25, 0.3) is 0 Å². The van der Waals surface area contributed by atoms with E-state index in [2.05, 4.69) is 9.62 Å². The molecule has 0 radical (unpaired) electrons. The lowest BCUT2D eigenvalue weighted by Gasteiger charge is -2.15. The summed E-state index contributed by atoms with van der Waals surface area (Å²) in [6.45, 7) is 3.27. The molecule has 0 spiro atoms. The number of nitrogens with two attached hydrogens (primary N) is 1. The van der Waals surface area contributed by atoms with Crippen LogP contribution in [-0.4, -0.2) is 39.5 Å². The summed E-state index contributed by atoms with van der Waals surface area (Å²) < 4.78 is 40.5. The molecule has 1 fully saturated rings. The van der Waals surface area contributed by atoms with E-state index in [4.69, 9.17) is 5.73 Å². The highest BCUT2D eigenvalue weighted by Crippen LogP contribution is 2.18. The fourth-order valence-corrected chi connectivity index (χ4v) is 3.91. The maximum absolute atomic E-state index is 13.6. The first-order valence-corrected chi connectivity index (χ1v) is 8.72. The van der Waals surface area contributed by atoms with Crippen molar-refractivity contribution in [3.8, 4) is 0 Å². The van der Waals surface area contributed by atoms with Gasteiger partial charge >= 0.3 is 0 Å². The molecule has 0 saturated carbocycles. The first-order valence-electron chi connectivity index (χ1n) is 7.24. The van der Waals surface area contributed by atoms with Crippen LogP contribution in [0.5, 0.6) is 0 Å². The standard InChI is InChI=1S/C14H22FN3O2S/c15-13-5-3-6-14(12(13)11-16)21(19,20)17-7-4-10-18-8-1-2-9-18/h3,5-6,17H,1-2,4,7-11,16H2. The Balaban J connectivity index is 1.93. The molecule has 1 saturated heterocycles. The molecule has 7 heteroatoms. The largest absolute Gasteiger partial charge is 0.326 e. The number of hydrogen-bond donors (Lipinski definition) is 2. The second kappa shape index (κ2) is 7.31. The number of hydrogen-bond acceptors (Lipinski definition) is 4. The van der Waals surface area contributed by atoms with Crippen LogP contribution in [0.25, 0.3) is 0 Å². The van der Waals surface area contributed by atoms with E-state index in [1.807, 2.05) is 0 Å². The smallest absolute Gasteiger partial charge is 0.240 e. The number of benzene rings is 1. The van der Waals surface area contributed by atoms with E-state index in [0.29, 0.717) is 6.54 Å². The van der Waals surface area contributed by atoms with Crippen LogP contribution in [0.1, 0.15) is 24.8 Å². The number of sulfonamides is 1. The van der Waals surface area contributed by atoms with E-state index in [0.717, 1.165) is 26.1 Å². The van der Waals surface area contributed by atoms with Crippen molar-refractivity contribution in [3.05, 3.63) is 29.6 Å². The Morgan fingerprint density at radius 2 is 2.00 bits per heavy atom. The zero-order chi connectivity index (χ0) is 15.3. The molecular formula is C14H22FN3O2S. The van der Waals surface area contributed by atoms with E-state index in [-0.39, 0.29) is 17.0 Å². The maximum atomic E-state index is 13.6. The molecule has 1 aromatic carbocycles. The first kappa shape index (κ1) is 16.4. The van der Waals surface area contributed by atoms with E-state index in [9.17, 15) is 12.8 Å². The first-order chi connectivity index (χ1) is 10.0. The van der Waals surface area contributed by atoms with Crippen molar-refractivity contribution in [3.63, 3.8) is 0 Å². The van der Waals surface area contributed by atoms with Crippen LogP contribution in [-0.2, 0) is 16.6 Å². The summed E-state index contributed by atoms with van der Waals surface area (Å²) >= 11 is 0. The van der Waals surface area contributed by atoms with Gasteiger partial charge in [-0.3, -0.25) is 0 Å². The van der Waals surface area contributed by atoms with Gasteiger partial charge in [-0.05, 0) is 51.0 Å². The molecule has 0 aromatic heterocycles. The third-order valence-electron chi connectivity index (χ3n) is 3.71. The third-order valence-corrected chi connectivity index (χ3v) is 5.26. The molecule has 1 aromatic rings. The third kappa shape index (κ3) is 4.23. The normalized spacial score (nSPS) is 16.5. The predicted octanol–water partition coefficient (Wildman–Crippen LogP) is 1.05. The van der Waals surface area contributed by atoms with Crippen molar-refractivity contribution >= 4 is 10.0 Å². The minimum atomic E-state index is -3.71. The number of rotatable bonds is 7. The van der Waals surface area contributed by atoms with Crippen LogP contribution in [0.3, 0.4) is 0 Å². The summed E-state index contributed by atoms with van der Waals surface area (Å²) in [6.07, 6.45) is 3.18. The van der Waals surface area contributed by atoms with Gasteiger partial charge in [0.2, 0.25) is 10.0 Å². The average molecular weight is 315 g/mol. The van der Waals surface area contributed by atoms with Gasteiger partial charge in [-0.15, -0.1) is 0 Å². The van der Waals surface area contributed by atoms with E-state index < -0.39 is 15.8 Å². The molecular weight excluding hydrogens is 293 g/mol. The summed E-state index contributed by atoms with van der Waals surface area (Å²) in [5.74, 6) is -0.586. The van der Waals surface area contributed by atoms with E-state index in [1.165, 1.54) is 31.0 Å². The lowest BCUT2D eigenvalue weighted by Crippen LogP contribution is -2.29. The van der Waals surface area contributed by atoms with Crippen LogP contribution in [0.15, 0.2) is 23.1 Å². The number of nitrogens with one attached hydrogen (secondary N) is 1. The molecule has 1 aliphatic rings. The van der Waals surface area contributed by atoms with Gasteiger partial charge in [0.15, 0.2) is 0 Å². The Kier molecular flexibility index (Phi) is 5.69. The molecule has 0 unspecified atom stereocenters.